The molecule has 2 rings (SSSR count). The number of hydrogen-bond donors (Lipinski definition) is 2. The molecule has 0 aromatic carbocycles. The molecule has 2 N–H and O–H groups in total. The Morgan fingerprint density at radius 1 is 1.47 bits per heavy atom. The maximum Gasteiger partial charge on any atom is 0.261 e. The van der Waals surface area contributed by atoms with Crippen LogP contribution in [-0.4, -0.2) is 23.2 Å². The average molecular weight is 281 g/mol. The van der Waals surface area contributed by atoms with Gasteiger partial charge in [-0.05, 0) is 50.2 Å². The summed E-state index contributed by atoms with van der Waals surface area (Å²) < 4.78 is 0. The number of aryl methyl sites for hydroxylation is 2. The van der Waals surface area contributed by atoms with Gasteiger partial charge in [-0.25, -0.2) is 0 Å². The summed E-state index contributed by atoms with van der Waals surface area (Å²) >= 11 is 1.61. The SMILES string of the molecule is CC(C)C(C)(O)CNC(=O)c1cc2c(s1)CCCC2. The Balaban J connectivity index is 1.99. The molecule has 106 valence electrons. The van der Waals surface area contributed by atoms with Crippen LogP contribution in [0.2, 0.25) is 0 Å². The van der Waals surface area contributed by atoms with Crippen LogP contribution in [0, 0.1) is 5.92 Å². The molecular formula is C15H23NO2S. The summed E-state index contributed by atoms with van der Waals surface area (Å²) in [4.78, 5) is 14.3. The quantitative estimate of drug-likeness (QED) is 0.891. The Morgan fingerprint density at radius 3 is 2.79 bits per heavy atom. The van der Waals surface area contributed by atoms with Gasteiger partial charge in [0.15, 0.2) is 0 Å². The molecule has 0 fully saturated rings. The van der Waals surface area contributed by atoms with Crippen LogP contribution in [0.25, 0.3) is 0 Å². The highest BCUT2D eigenvalue weighted by Crippen LogP contribution is 2.29. The normalized spacial score (nSPS) is 17.9. The minimum absolute atomic E-state index is 0.0553. The van der Waals surface area contributed by atoms with Crippen molar-refractivity contribution in [2.24, 2.45) is 5.92 Å². The molecule has 0 bridgehead atoms. The number of aliphatic hydroxyl groups is 1. The maximum absolute atomic E-state index is 12.1. The number of thiophene rings is 1. The van der Waals surface area contributed by atoms with Crippen LogP contribution >= 0.6 is 11.3 Å². The Labute approximate surface area is 119 Å². The van der Waals surface area contributed by atoms with Gasteiger partial charge in [-0.15, -0.1) is 11.3 Å². The molecule has 4 heteroatoms. The molecule has 1 aliphatic rings. The first-order valence-corrected chi connectivity index (χ1v) is 7.84. The fraction of sp³-hybridized carbons (Fsp3) is 0.667. The van der Waals surface area contributed by atoms with Crippen molar-refractivity contribution in [3.63, 3.8) is 0 Å². The molecule has 1 aromatic heterocycles. The Morgan fingerprint density at radius 2 is 2.16 bits per heavy atom. The minimum Gasteiger partial charge on any atom is -0.388 e. The third-order valence-corrected chi connectivity index (χ3v) is 5.31. The summed E-state index contributed by atoms with van der Waals surface area (Å²) in [7, 11) is 0. The molecule has 0 radical (unpaired) electrons. The summed E-state index contributed by atoms with van der Waals surface area (Å²) in [6.07, 6.45) is 4.67. The topological polar surface area (TPSA) is 49.3 Å². The van der Waals surface area contributed by atoms with Crippen molar-refractivity contribution in [2.75, 3.05) is 6.54 Å². The van der Waals surface area contributed by atoms with E-state index in [2.05, 4.69) is 5.32 Å². The van der Waals surface area contributed by atoms with Crippen molar-refractivity contribution in [3.8, 4) is 0 Å². The molecule has 1 aliphatic carbocycles. The summed E-state index contributed by atoms with van der Waals surface area (Å²) in [6.45, 7) is 5.97. The molecular weight excluding hydrogens is 258 g/mol. The van der Waals surface area contributed by atoms with Crippen LogP contribution < -0.4 is 5.32 Å². The number of nitrogens with one attached hydrogen (secondary N) is 1. The van der Waals surface area contributed by atoms with Gasteiger partial charge in [-0.1, -0.05) is 13.8 Å². The smallest absolute Gasteiger partial charge is 0.261 e. The molecule has 0 saturated heterocycles. The van der Waals surface area contributed by atoms with E-state index in [-0.39, 0.29) is 11.8 Å². The van der Waals surface area contributed by atoms with E-state index in [1.165, 1.54) is 23.3 Å². The molecule has 19 heavy (non-hydrogen) atoms. The van der Waals surface area contributed by atoms with E-state index in [0.717, 1.165) is 17.7 Å². The fourth-order valence-corrected chi connectivity index (χ4v) is 3.32. The van der Waals surface area contributed by atoms with Crippen LogP contribution in [0.15, 0.2) is 6.07 Å². The van der Waals surface area contributed by atoms with Gasteiger partial charge in [0.2, 0.25) is 0 Å². The summed E-state index contributed by atoms with van der Waals surface area (Å²) in [6, 6.07) is 2.03. The second kappa shape index (κ2) is 5.63. The van der Waals surface area contributed by atoms with E-state index in [9.17, 15) is 9.90 Å². The van der Waals surface area contributed by atoms with Crippen LogP contribution in [0.1, 0.15) is 53.7 Å². The van der Waals surface area contributed by atoms with E-state index in [0.29, 0.717) is 6.54 Å². The highest BCUT2D eigenvalue weighted by atomic mass is 32.1. The molecule has 1 heterocycles. The number of carbonyl (C=O) groups is 1. The number of carbonyl (C=O) groups excluding carboxylic acids is 1. The lowest BCUT2D eigenvalue weighted by atomic mass is 9.92. The number of amides is 1. The van der Waals surface area contributed by atoms with Gasteiger partial charge < -0.3 is 10.4 Å². The van der Waals surface area contributed by atoms with Gasteiger partial charge in [0.05, 0.1) is 10.5 Å². The van der Waals surface area contributed by atoms with Crippen molar-refractivity contribution in [3.05, 3.63) is 21.4 Å². The summed E-state index contributed by atoms with van der Waals surface area (Å²) in [5.41, 5.74) is 0.490. The lowest BCUT2D eigenvalue weighted by Gasteiger charge is -2.27. The molecule has 0 saturated carbocycles. The third kappa shape index (κ3) is 3.37. The van der Waals surface area contributed by atoms with Crippen molar-refractivity contribution in [1.82, 2.24) is 5.32 Å². The highest BCUT2D eigenvalue weighted by Gasteiger charge is 2.26. The van der Waals surface area contributed by atoms with Crippen LogP contribution in [0.5, 0.6) is 0 Å². The lowest BCUT2D eigenvalue weighted by Crippen LogP contribution is -2.44. The van der Waals surface area contributed by atoms with Crippen LogP contribution in [0.3, 0.4) is 0 Å². The van der Waals surface area contributed by atoms with Crippen molar-refractivity contribution in [1.29, 1.82) is 0 Å². The van der Waals surface area contributed by atoms with Gasteiger partial charge in [0.1, 0.15) is 0 Å². The number of hydrogen-bond acceptors (Lipinski definition) is 3. The largest absolute Gasteiger partial charge is 0.388 e. The predicted molar refractivity (Wildman–Crippen MR) is 78.8 cm³/mol. The van der Waals surface area contributed by atoms with E-state index in [1.807, 2.05) is 19.9 Å². The number of rotatable bonds is 4. The standard InChI is InChI=1S/C15H23NO2S/c1-10(2)15(3,18)9-16-14(17)13-8-11-6-4-5-7-12(11)19-13/h8,10,18H,4-7,9H2,1-3H3,(H,16,17). The highest BCUT2D eigenvalue weighted by molar-refractivity contribution is 7.14. The monoisotopic (exact) mass is 281 g/mol. The first kappa shape index (κ1) is 14.5. The number of fused-ring (bicyclic) bond motifs is 1. The first-order chi connectivity index (χ1) is 8.90. The van der Waals surface area contributed by atoms with Gasteiger partial charge in [-0.2, -0.15) is 0 Å². The van der Waals surface area contributed by atoms with Gasteiger partial charge in [0, 0.05) is 11.4 Å². The van der Waals surface area contributed by atoms with E-state index in [1.54, 1.807) is 18.3 Å². The third-order valence-electron chi connectivity index (χ3n) is 4.07. The second-order valence-corrected chi connectivity index (χ2v) is 7.10. The van der Waals surface area contributed by atoms with Crippen molar-refractivity contribution in [2.45, 2.75) is 52.1 Å². The Kier molecular flexibility index (Phi) is 4.31. The zero-order chi connectivity index (χ0) is 14.0. The van der Waals surface area contributed by atoms with Crippen LogP contribution in [0.4, 0.5) is 0 Å². The second-order valence-electron chi connectivity index (χ2n) is 5.96. The predicted octanol–water partition coefficient (Wildman–Crippen LogP) is 2.76. The summed E-state index contributed by atoms with van der Waals surface area (Å²) in [5, 5.41) is 13.0. The van der Waals surface area contributed by atoms with Crippen molar-refractivity contribution < 1.29 is 9.90 Å². The molecule has 1 amide bonds. The van der Waals surface area contributed by atoms with E-state index < -0.39 is 5.60 Å². The molecule has 0 spiro atoms. The van der Waals surface area contributed by atoms with Crippen LogP contribution in [-0.2, 0) is 12.8 Å². The molecule has 1 unspecified atom stereocenters. The van der Waals surface area contributed by atoms with Gasteiger partial charge >= 0.3 is 0 Å². The minimum atomic E-state index is -0.855. The van der Waals surface area contributed by atoms with E-state index in [4.69, 9.17) is 0 Å². The zero-order valence-electron chi connectivity index (χ0n) is 12.0. The maximum atomic E-state index is 12.1. The molecule has 3 nitrogen and oxygen atoms in total. The van der Waals surface area contributed by atoms with Gasteiger partial charge in [0.25, 0.3) is 5.91 Å². The fourth-order valence-electron chi connectivity index (χ4n) is 2.15. The Hall–Kier alpha value is -0.870. The molecule has 1 atom stereocenters. The first-order valence-electron chi connectivity index (χ1n) is 7.02. The average Bonchev–Trinajstić information content (AvgIpc) is 2.79. The zero-order valence-corrected chi connectivity index (χ0v) is 12.8. The lowest BCUT2D eigenvalue weighted by molar-refractivity contribution is 0.0143. The summed E-state index contributed by atoms with van der Waals surface area (Å²) in [5.74, 6) is 0.0599. The molecule has 0 aliphatic heterocycles. The van der Waals surface area contributed by atoms with Gasteiger partial charge in [-0.3, -0.25) is 4.79 Å². The Bertz CT molecular complexity index is 439. The van der Waals surface area contributed by atoms with Crippen molar-refractivity contribution >= 4 is 17.2 Å². The van der Waals surface area contributed by atoms with E-state index >= 15 is 0 Å². The molecule has 1 aromatic rings.